The van der Waals surface area contributed by atoms with Crippen molar-refractivity contribution >= 4 is 17.5 Å². The van der Waals surface area contributed by atoms with Crippen LogP contribution in [0.4, 0.5) is 10.3 Å². The van der Waals surface area contributed by atoms with Gasteiger partial charge in [0.2, 0.25) is 5.95 Å². The van der Waals surface area contributed by atoms with Crippen LogP contribution in [0.2, 0.25) is 0 Å². The maximum atomic E-state index is 12.4. The van der Waals surface area contributed by atoms with Gasteiger partial charge in [0.25, 0.3) is 0 Å². The smallest absolute Gasteiger partial charge is 0.223 e. The van der Waals surface area contributed by atoms with Gasteiger partial charge < -0.3 is 5.32 Å². The van der Waals surface area contributed by atoms with E-state index in [0.717, 1.165) is 18.8 Å². The van der Waals surface area contributed by atoms with Crippen LogP contribution in [0.5, 0.6) is 0 Å². The molecule has 0 aliphatic heterocycles. The van der Waals surface area contributed by atoms with Crippen LogP contribution >= 0.6 is 11.6 Å². The van der Waals surface area contributed by atoms with Crippen LogP contribution in [0.25, 0.3) is 0 Å². The minimum absolute atomic E-state index is 0.132. The van der Waals surface area contributed by atoms with E-state index in [4.69, 9.17) is 11.6 Å². The molecule has 0 aromatic carbocycles. The third-order valence-corrected chi connectivity index (χ3v) is 2.01. The molecule has 0 fully saturated rings. The number of hydrogen-bond acceptors (Lipinski definition) is 3. The highest BCUT2D eigenvalue weighted by molar-refractivity contribution is 6.18. The molecule has 1 rings (SSSR count). The zero-order chi connectivity index (χ0) is 9.68. The minimum atomic E-state index is -0.440. The number of hydrogen-bond donors (Lipinski definition) is 1. The molecule has 3 nitrogen and oxygen atoms in total. The van der Waals surface area contributed by atoms with E-state index in [1.54, 1.807) is 0 Å². The Kier molecular flexibility index (Phi) is 3.89. The van der Waals surface area contributed by atoms with Crippen LogP contribution in [-0.4, -0.2) is 21.9 Å². The number of nitrogens with one attached hydrogen (secondary N) is 1. The fourth-order valence-electron chi connectivity index (χ4n) is 0.819. The fraction of sp³-hybridized carbons (Fsp3) is 0.500. The molecule has 1 atom stereocenters. The Morgan fingerprint density at radius 1 is 1.54 bits per heavy atom. The lowest BCUT2D eigenvalue weighted by Gasteiger charge is -2.12. The highest BCUT2D eigenvalue weighted by Crippen LogP contribution is 2.04. The first-order valence-electron chi connectivity index (χ1n) is 4.06. The van der Waals surface area contributed by atoms with Crippen molar-refractivity contribution in [3.05, 3.63) is 18.2 Å². The third kappa shape index (κ3) is 3.14. The summed E-state index contributed by atoms with van der Waals surface area (Å²) in [6, 6.07) is 0.132. The number of anilines is 1. The van der Waals surface area contributed by atoms with Crippen molar-refractivity contribution in [1.29, 1.82) is 0 Å². The molecule has 1 N–H and O–H groups in total. The predicted molar refractivity (Wildman–Crippen MR) is 50.4 cm³/mol. The topological polar surface area (TPSA) is 37.8 Å². The van der Waals surface area contributed by atoms with Gasteiger partial charge in [0.15, 0.2) is 5.82 Å². The van der Waals surface area contributed by atoms with Crippen molar-refractivity contribution < 1.29 is 4.39 Å². The van der Waals surface area contributed by atoms with Gasteiger partial charge in [-0.05, 0) is 6.42 Å². The second-order valence-corrected chi connectivity index (χ2v) is 2.94. The SMILES string of the molecule is CCC(CCl)Nc1ncc(F)cn1. The Hall–Kier alpha value is -0.900. The van der Waals surface area contributed by atoms with Gasteiger partial charge in [0.1, 0.15) is 0 Å². The summed E-state index contributed by atoms with van der Waals surface area (Å²) in [5.41, 5.74) is 0. The predicted octanol–water partition coefficient (Wildman–Crippen LogP) is 2.04. The molecule has 0 aliphatic rings. The third-order valence-electron chi connectivity index (χ3n) is 1.63. The van der Waals surface area contributed by atoms with Crippen molar-refractivity contribution in [2.45, 2.75) is 19.4 Å². The van der Waals surface area contributed by atoms with Gasteiger partial charge in [0, 0.05) is 11.9 Å². The normalized spacial score (nSPS) is 12.5. The second-order valence-electron chi connectivity index (χ2n) is 2.63. The lowest BCUT2D eigenvalue weighted by Crippen LogP contribution is -2.21. The zero-order valence-electron chi connectivity index (χ0n) is 7.30. The molecule has 1 heterocycles. The summed E-state index contributed by atoms with van der Waals surface area (Å²) < 4.78 is 12.4. The Bertz CT molecular complexity index is 248. The van der Waals surface area contributed by atoms with E-state index in [1.165, 1.54) is 0 Å². The van der Waals surface area contributed by atoms with Gasteiger partial charge in [-0.25, -0.2) is 14.4 Å². The summed E-state index contributed by atoms with van der Waals surface area (Å²) in [4.78, 5) is 7.52. The maximum absolute atomic E-state index is 12.4. The molecule has 0 saturated carbocycles. The molecule has 0 bridgehead atoms. The molecule has 5 heteroatoms. The average Bonchev–Trinajstić information content (AvgIpc) is 2.17. The fourth-order valence-corrected chi connectivity index (χ4v) is 1.11. The van der Waals surface area contributed by atoms with Gasteiger partial charge in [-0.3, -0.25) is 0 Å². The molecule has 0 radical (unpaired) electrons. The molecule has 1 aromatic rings. The van der Waals surface area contributed by atoms with Crippen molar-refractivity contribution in [2.24, 2.45) is 0 Å². The Morgan fingerprint density at radius 3 is 2.62 bits per heavy atom. The first kappa shape index (κ1) is 10.2. The van der Waals surface area contributed by atoms with Gasteiger partial charge in [-0.1, -0.05) is 6.92 Å². The molecule has 1 aromatic heterocycles. The lowest BCUT2D eigenvalue weighted by molar-refractivity contribution is 0.613. The summed E-state index contributed by atoms with van der Waals surface area (Å²) in [6.07, 6.45) is 3.12. The van der Waals surface area contributed by atoms with Gasteiger partial charge in [-0.2, -0.15) is 0 Å². The largest absolute Gasteiger partial charge is 0.350 e. The molecular formula is C8H11ClFN3. The standard InChI is InChI=1S/C8H11ClFN3/c1-2-7(3-9)13-8-11-4-6(10)5-12-8/h4-5,7H,2-3H2,1H3,(H,11,12,13). The second kappa shape index (κ2) is 4.97. The summed E-state index contributed by atoms with van der Waals surface area (Å²) in [5, 5.41) is 2.98. The molecule has 0 spiro atoms. The summed E-state index contributed by atoms with van der Waals surface area (Å²) >= 11 is 5.66. The van der Waals surface area contributed by atoms with E-state index in [9.17, 15) is 4.39 Å². The van der Waals surface area contributed by atoms with Crippen LogP contribution in [0.15, 0.2) is 12.4 Å². The Labute approximate surface area is 81.3 Å². The van der Waals surface area contributed by atoms with Crippen molar-refractivity contribution in [3.63, 3.8) is 0 Å². The lowest BCUT2D eigenvalue weighted by atomic mass is 10.3. The van der Waals surface area contributed by atoms with Crippen LogP contribution in [0, 0.1) is 5.82 Å². The molecule has 0 saturated heterocycles. The van der Waals surface area contributed by atoms with E-state index >= 15 is 0 Å². The summed E-state index contributed by atoms with van der Waals surface area (Å²) in [7, 11) is 0. The van der Waals surface area contributed by atoms with Gasteiger partial charge in [-0.15, -0.1) is 11.6 Å². The summed E-state index contributed by atoms with van der Waals surface area (Å²) in [5.74, 6) is 0.454. The van der Waals surface area contributed by atoms with Crippen molar-refractivity contribution in [2.75, 3.05) is 11.2 Å². The van der Waals surface area contributed by atoms with E-state index < -0.39 is 5.82 Å². The van der Waals surface area contributed by atoms with E-state index in [2.05, 4.69) is 15.3 Å². The Morgan fingerprint density at radius 2 is 2.15 bits per heavy atom. The quantitative estimate of drug-likeness (QED) is 0.762. The molecule has 0 aliphatic carbocycles. The van der Waals surface area contributed by atoms with Crippen LogP contribution < -0.4 is 5.32 Å². The molecule has 72 valence electrons. The highest BCUT2D eigenvalue weighted by atomic mass is 35.5. The van der Waals surface area contributed by atoms with Crippen LogP contribution in [-0.2, 0) is 0 Å². The van der Waals surface area contributed by atoms with Crippen LogP contribution in [0.1, 0.15) is 13.3 Å². The first-order chi connectivity index (χ1) is 6.26. The van der Waals surface area contributed by atoms with Crippen LogP contribution in [0.3, 0.4) is 0 Å². The molecule has 1 unspecified atom stereocenters. The average molecular weight is 204 g/mol. The zero-order valence-corrected chi connectivity index (χ0v) is 8.05. The van der Waals surface area contributed by atoms with E-state index in [1.807, 2.05) is 6.92 Å². The number of halogens is 2. The van der Waals surface area contributed by atoms with Crippen molar-refractivity contribution in [3.8, 4) is 0 Å². The number of alkyl halides is 1. The molecule has 0 amide bonds. The summed E-state index contributed by atoms with van der Waals surface area (Å²) in [6.45, 7) is 2.00. The first-order valence-corrected chi connectivity index (χ1v) is 4.59. The number of rotatable bonds is 4. The maximum Gasteiger partial charge on any atom is 0.223 e. The van der Waals surface area contributed by atoms with Crippen molar-refractivity contribution in [1.82, 2.24) is 9.97 Å². The van der Waals surface area contributed by atoms with E-state index in [0.29, 0.717) is 11.8 Å². The molecular weight excluding hydrogens is 193 g/mol. The number of nitrogens with zero attached hydrogens (tertiary/aromatic N) is 2. The van der Waals surface area contributed by atoms with Gasteiger partial charge >= 0.3 is 0 Å². The van der Waals surface area contributed by atoms with Gasteiger partial charge in [0.05, 0.1) is 12.4 Å². The Balaban J connectivity index is 2.58. The highest BCUT2D eigenvalue weighted by Gasteiger charge is 2.05. The molecule has 13 heavy (non-hydrogen) atoms. The number of aromatic nitrogens is 2. The minimum Gasteiger partial charge on any atom is -0.350 e. The monoisotopic (exact) mass is 203 g/mol. The van der Waals surface area contributed by atoms with E-state index in [-0.39, 0.29) is 6.04 Å².